The van der Waals surface area contributed by atoms with Crippen LogP contribution in [0.15, 0.2) is 54.7 Å². The van der Waals surface area contributed by atoms with Gasteiger partial charge in [-0.1, -0.05) is 30.3 Å². The van der Waals surface area contributed by atoms with Crippen molar-refractivity contribution in [2.45, 2.75) is 113 Å². The van der Waals surface area contributed by atoms with Gasteiger partial charge in [-0.3, -0.25) is 38.4 Å². The van der Waals surface area contributed by atoms with Crippen molar-refractivity contribution in [2.75, 3.05) is 43.1 Å². The number of carboxylic acid groups (broad SMARTS) is 1. The van der Waals surface area contributed by atoms with Crippen LogP contribution in [0.1, 0.15) is 56.6 Å². The Hall–Kier alpha value is -6.06. The molecule has 1 saturated heterocycles. The number of thioether (sulfide) groups is 1. The number of aromatic hydroxyl groups is 1. The highest BCUT2D eigenvalue weighted by molar-refractivity contribution is 7.98. The number of likely N-dealkylation sites (tertiary alicyclic amines) is 1. The fraction of sp³-hybridized carbons (Fsp3) is 0.521. The Bertz CT molecular complexity index is 2410. The Labute approximate surface area is 443 Å². The van der Waals surface area contributed by atoms with E-state index in [9.17, 15) is 58.5 Å². The predicted molar refractivity (Wildman–Crippen MR) is 284 cm³/mol. The van der Waals surface area contributed by atoms with Gasteiger partial charge in [-0.25, -0.2) is 4.79 Å². The summed E-state index contributed by atoms with van der Waals surface area (Å²) in [7, 11) is 0. The first kappa shape index (κ1) is 60.5. The number of benzene rings is 2. The van der Waals surface area contributed by atoms with Gasteiger partial charge in [0.25, 0.3) is 0 Å². The molecule has 8 amide bonds. The van der Waals surface area contributed by atoms with E-state index in [-0.39, 0.29) is 62.4 Å². The highest BCUT2D eigenvalue weighted by Gasteiger charge is 2.40. The van der Waals surface area contributed by atoms with Gasteiger partial charge < -0.3 is 73.9 Å². The third-order valence-corrected chi connectivity index (χ3v) is 13.6. The van der Waals surface area contributed by atoms with Crippen LogP contribution in [-0.2, 0) is 56.0 Å². The van der Waals surface area contributed by atoms with Crippen LogP contribution >= 0.6 is 37.0 Å². The number of para-hydroxylation sites is 1. The minimum atomic E-state index is -1.64. The molecule has 9 atom stereocenters. The van der Waals surface area contributed by atoms with Crippen molar-refractivity contribution >= 4 is 101 Å². The fourth-order valence-electron chi connectivity index (χ4n) is 8.11. The molecule has 2 aromatic carbocycles. The summed E-state index contributed by atoms with van der Waals surface area (Å²) in [5.41, 5.74) is 13.5. The van der Waals surface area contributed by atoms with Crippen LogP contribution in [0.5, 0.6) is 5.75 Å². The molecular formula is C48H69N11O12S3. The molecule has 0 saturated carbocycles. The summed E-state index contributed by atoms with van der Waals surface area (Å²) in [6.45, 7) is 0.888. The molecule has 4 rings (SSSR count). The van der Waals surface area contributed by atoms with Crippen molar-refractivity contribution in [3.63, 3.8) is 0 Å². The van der Waals surface area contributed by atoms with Gasteiger partial charge in [-0.15, -0.1) is 0 Å². The predicted octanol–water partition coefficient (Wildman–Crippen LogP) is -1.79. The number of phenols is 1. The zero-order chi connectivity index (χ0) is 54.5. The maximum atomic E-state index is 14.5. The monoisotopic (exact) mass is 1090 g/mol. The Balaban J connectivity index is 1.51. The number of aliphatic hydroxyl groups is 1. The molecule has 1 aliphatic rings. The lowest BCUT2D eigenvalue weighted by Crippen LogP contribution is -2.60. The number of carbonyl (C=O) groups is 9. The number of nitrogens with zero attached hydrogens (tertiary/aromatic N) is 1. The van der Waals surface area contributed by atoms with Crippen molar-refractivity contribution < 1.29 is 58.5 Å². The molecule has 0 unspecified atom stereocenters. The van der Waals surface area contributed by atoms with Gasteiger partial charge in [-0.05, 0) is 93.3 Å². The summed E-state index contributed by atoms with van der Waals surface area (Å²) in [5.74, 6) is -7.33. The molecule has 0 bridgehead atoms. The maximum Gasteiger partial charge on any atom is 0.327 e. The number of hydrogen-bond donors (Lipinski definition) is 15. The smallest absolute Gasteiger partial charge is 0.327 e. The van der Waals surface area contributed by atoms with Gasteiger partial charge in [0.2, 0.25) is 47.3 Å². The normalized spacial score (nSPS) is 16.5. The number of rotatable bonds is 30. The van der Waals surface area contributed by atoms with E-state index in [4.69, 9.17) is 11.5 Å². The zero-order valence-corrected chi connectivity index (χ0v) is 43.8. The summed E-state index contributed by atoms with van der Waals surface area (Å²) in [6.07, 6.45) is 3.42. The highest BCUT2D eigenvalue weighted by Crippen LogP contribution is 2.23. The zero-order valence-electron chi connectivity index (χ0n) is 41.2. The number of unbranched alkanes of at least 4 members (excludes halogenated alkanes) is 1. The lowest BCUT2D eigenvalue weighted by Gasteiger charge is -2.31. The fourth-order valence-corrected chi connectivity index (χ4v) is 8.99. The van der Waals surface area contributed by atoms with Crippen LogP contribution in [0.3, 0.4) is 0 Å². The topological polar surface area (TPSA) is 370 Å². The van der Waals surface area contributed by atoms with Crippen molar-refractivity contribution in [1.82, 2.24) is 47.1 Å². The second-order valence-electron chi connectivity index (χ2n) is 17.8. The molecule has 406 valence electrons. The van der Waals surface area contributed by atoms with Gasteiger partial charge in [0, 0.05) is 48.0 Å². The molecule has 0 aliphatic carbocycles. The number of aliphatic hydroxyl groups excluding tert-OH is 1. The van der Waals surface area contributed by atoms with Crippen molar-refractivity contribution in [3.05, 3.63) is 65.9 Å². The lowest BCUT2D eigenvalue weighted by atomic mass is 10.0. The number of nitrogens with two attached hydrogens (primary N) is 2. The molecule has 23 nitrogen and oxygen atoms in total. The number of carbonyl (C=O) groups excluding carboxylic acids is 8. The molecule has 2 heterocycles. The molecule has 3 aromatic rings. The number of aromatic nitrogens is 1. The number of thiol groups is 2. The summed E-state index contributed by atoms with van der Waals surface area (Å²) in [5, 5.41) is 48.6. The van der Waals surface area contributed by atoms with Gasteiger partial charge in [0.05, 0.1) is 18.7 Å². The van der Waals surface area contributed by atoms with Crippen LogP contribution in [0.25, 0.3) is 10.9 Å². The first-order chi connectivity index (χ1) is 35.3. The highest BCUT2D eigenvalue weighted by atomic mass is 32.2. The summed E-state index contributed by atoms with van der Waals surface area (Å²) in [6, 6.07) is 3.05. The van der Waals surface area contributed by atoms with E-state index in [1.165, 1.54) is 35.7 Å². The van der Waals surface area contributed by atoms with E-state index in [1.54, 1.807) is 24.6 Å². The van der Waals surface area contributed by atoms with Crippen molar-refractivity contribution in [1.29, 1.82) is 0 Å². The molecule has 74 heavy (non-hydrogen) atoms. The van der Waals surface area contributed by atoms with Crippen molar-refractivity contribution in [3.8, 4) is 5.75 Å². The third-order valence-electron chi connectivity index (χ3n) is 12.2. The van der Waals surface area contributed by atoms with E-state index in [0.29, 0.717) is 36.1 Å². The number of fused-ring (bicyclic) bond motifs is 1. The maximum absolute atomic E-state index is 14.5. The number of aromatic amines is 1. The van der Waals surface area contributed by atoms with Crippen LogP contribution in [0.2, 0.25) is 0 Å². The quantitative estimate of drug-likeness (QED) is 0.0259. The number of carboxylic acids is 1. The van der Waals surface area contributed by atoms with Crippen LogP contribution in [0, 0.1) is 0 Å². The Morgan fingerprint density at radius 1 is 0.784 bits per heavy atom. The average Bonchev–Trinajstić information content (AvgIpc) is 4.05. The number of nitrogens with one attached hydrogen (secondary N) is 8. The van der Waals surface area contributed by atoms with Gasteiger partial charge in [-0.2, -0.15) is 37.0 Å². The van der Waals surface area contributed by atoms with Gasteiger partial charge >= 0.3 is 5.97 Å². The van der Waals surface area contributed by atoms with Crippen LogP contribution in [0.4, 0.5) is 0 Å². The van der Waals surface area contributed by atoms with Crippen LogP contribution < -0.4 is 48.7 Å². The second kappa shape index (κ2) is 30.3. The number of H-pyrrole nitrogens is 1. The second-order valence-corrected chi connectivity index (χ2v) is 19.5. The Morgan fingerprint density at radius 2 is 1.43 bits per heavy atom. The number of amides is 8. The summed E-state index contributed by atoms with van der Waals surface area (Å²) < 4.78 is 0. The van der Waals surface area contributed by atoms with E-state index in [0.717, 1.165) is 10.9 Å². The largest absolute Gasteiger partial charge is 0.508 e. The average molecular weight is 1090 g/mol. The van der Waals surface area contributed by atoms with E-state index >= 15 is 0 Å². The number of aliphatic carboxylic acids is 1. The first-order valence-corrected chi connectivity index (χ1v) is 26.8. The van der Waals surface area contributed by atoms with Gasteiger partial charge in [0.1, 0.15) is 48.0 Å². The number of phenolic OH excluding ortho intramolecular Hbond substituents is 1. The van der Waals surface area contributed by atoms with Gasteiger partial charge in [0.15, 0.2) is 0 Å². The van der Waals surface area contributed by atoms with Crippen LogP contribution in [-0.4, -0.2) is 176 Å². The molecule has 0 spiro atoms. The van der Waals surface area contributed by atoms with Crippen molar-refractivity contribution in [2.24, 2.45) is 11.5 Å². The summed E-state index contributed by atoms with van der Waals surface area (Å²) in [4.78, 5) is 126. The van der Waals surface area contributed by atoms with E-state index in [1.807, 2.05) is 24.3 Å². The van der Waals surface area contributed by atoms with E-state index in [2.05, 4.69) is 67.5 Å². The molecule has 15 N–H and O–H groups in total. The summed E-state index contributed by atoms with van der Waals surface area (Å²) >= 11 is 9.46. The molecule has 1 aromatic heterocycles. The minimum absolute atomic E-state index is 0.0209. The van der Waals surface area contributed by atoms with E-state index < -0.39 is 114 Å². The molecule has 1 fully saturated rings. The molecule has 0 radical (unpaired) electrons. The number of hydrogen-bond acceptors (Lipinski definition) is 16. The third kappa shape index (κ3) is 18.1. The Morgan fingerprint density at radius 3 is 2.08 bits per heavy atom. The SMILES string of the molecule is CSCC[C@H](NC(=O)[C@H](Cc1c[nH]c2ccccc12)NC(=O)[C@@H]1CCCN1C(=O)[C@H](CCCCN)NC(=O)[C@@H](NC(=O)CNC(=O)[C@H](Cc1ccc(O)cc1)NC(=O)[C@@H](N)CS)[C@@H](C)O)C(=O)N[C@@H](CS)C(=O)O. The lowest BCUT2D eigenvalue weighted by molar-refractivity contribution is -0.143. The molecular weight excluding hydrogens is 1020 g/mol. The molecule has 1 aliphatic heterocycles. The minimum Gasteiger partial charge on any atom is -0.508 e. The molecule has 26 heteroatoms. The first-order valence-electron chi connectivity index (χ1n) is 24.1. The standard InChI is InChI=1S/C48H69N11O12S3/c1-26(60)40(58-39(62)23-52-42(64)35(55-41(63)31(50)24-72)20-27-12-14-29(61)15-13-27)46(68)54-34(10-5-6-17-49)47(69)59-18-7-11-38(59)45(67)56-36(21-28-22-51-32-9-4-3-8-30(28)32)44(66)53-33(16-19-74-2)43(65)57-37(25-73)48(70)71/h3-4,8-9,12-15,22,26,31,33-38,40,51,60-61,72-73H,5-7,10-11,16-21,23-25,49-50H2,1-2H3,(H,52,64)(H,53,66)(H,54,68)(H,55,63)(H,56,67)(H,57,65)(H,58,62)(H,70,71)/t26-,31+,33+,34+,35+,36+,37+,38+,40+/m1/s1. The Kier molecular flexibility index (Phi) is 24.8.